The van der Waals surface area contributed by atoms with E-state index in [1.165, 1.54) is 12.1 Å². The standard InChI is InChI=1S/C11H8BrF3N4/c12-6-2-1-5(3-7(6)13)17-10-8(14)4-9(15)11(18-10)19-16/h1-4H,16H2,(H2,17,18,19). The van der Waals surface area contributed by atoms with E-state index < -0.39 is 17.5 Å². The van der Waals surface area contributed by atoms with Crippen LogP contribution >= 0.6 is 15.9 Å². The highest BCUT2D eigenvalue weighted by atomic mass is 79.9. The van der Waals surface area contributed by atoms with Gasteiger partial charge in [0.25, 0.3) is 0 Å². The van der Waals surface area contributed by atoms with Crippen LogP contribution in [-0.4, -0.2) is 4.98 Å². The molecule has 4 nitrogen and oxygen atoms in total. The molecule has 19 heavy (non-hydrogen) atoms. The number of nitrogens with zero attached hydrogens (tertiary/aromatic N) is 1. The summed E-state index contributed by atoms with van der Waals surface area (Å²) in [5.41, 5.74) is 2.26. The summed E-state index contributed by atoms with van der Waals surface area (Å²) in [4.78, 5) is 3.61. The molecule has 1 aromatic heterocycles. The number of nitrogens with one attached hydrogen (secondary N) is 2. The Morgan fingerprint density at radius 1 is 1.00 bits per heavy atom. The van der Waals surface area contributed by atoms with E-state index in [4.69, 9.17) is 5.84 Å². The van der Waals surface area contributed by atoms with Crippen LogP contribution < -0.4 is 16.6 Å². The average molecular weight is 333 g/mol. The molecule has 0 radical (unpaired) electrons. The second-order valence-corrected chi connectivity index (χ2v) is 4.40. The minimum atomic E-state index is -0.924. The lowest BCUT2D eigenvalue weighted by Gasteiger charge is -2.09. The second-order valence-electron chi connectivity index (χ2n) is 3.55. The van der Waals surface area contributed by atoms with Gasteiger partial charge in [-0.2, -0.15) is 0 Å². The maximum atomic E-state index is 13.5. The normalized spacial score (nSPS) is 10.4. The Bertz CT molecular complexity index is 621. The van der Waals surface area contributed by atoms with Crippen LogP contribution in [0.1, 0.15) is 0 Å². The summed E-state index contributed by atoms with van der Waals surface area (Å²) >= 11 is 2.99. The Labute approximate surface area is 114 Å². The van der Waals surface area contributed by atoms with Gasteiger partial charge in [0.15, 0.2) is 23.3 Å². The van der Waals surface area contributed by atoms with Gasteiger partial charge >= 0.3 is 0 Å². The fourth-order valence-corrected chi connectivity index (χ4v) is 1.61. The van der Waals surface area contributed by atoms with Gasteiger partial charge in [-0.15, -0.1) is 0 Å². The van der Waals surface area contributed by atoms with Crippen LogP contribution in [0.25, 0.3) is 0 Å². The number of anilines is 3. The maximum absolute atomic E-state index is 13.5. The first-order valence-corrected chi connectivity index (χ1v) is 5.85. The van der Waals surface area contributed by atoms with Crippen LogP contribution in [-0.2, 0) is 0 Å². The van der Waals surface area contributed by atoms with E-state index in [1.54, 1.807) is 0 Å². The predicted octanol–water partition coefficient (Wildman–Crippen LogP) is 3.29. The van der Waals surface area contributed by atoms with Crippen molar-refractivity contribution in [2.45, 2.75) is 0 Å². The van der Waals surface area contributed by atoms with Gasteiger partial charge in [-0.3, -0.25) is 0 Å². The molecule has 2 aromatic rings. The van der Waals surface area contributed by atoms with Gasteiger partial charge in [0.2, 0.25) is 0 Å². The minimum absolute atomic E-state index is 0.265. The van der Waals surface area contributed by atoms with Crippen molar-refractivity contribution in [2.24, 2.45) is 5.84 Å². The van der Waals surface area contributed by atoms with Crippen LogP contribution in [0.2, 0.25) is 0 Å². The molecule has 1 aromatic carbocycles. The number of hydrogen-bond acceptors (Lipinski definition) is 4. The zero-order chi connectivity index (χ0) is 14.0. The number of nitrogens with two attached hydrogens (primary N) is 1. The molecule has 8 heteroatoms. The van der Waals surface area contributed by atoms with Crippen molar-refractivity contribution in [3.8, 4) is 0 Å². The van der Waals surface area contributed by atoms with Crippen LogP contribution in [0.4, 0.5) is 30.5 Å². The molecule has 0 fully saturated rings. The molecule has 0 saturated heterocycles. The van der Waals surface area contributed by atoms with Crippen molar-refractivity contribution in [1.82, 2.24) is 4.98 Å². The van der Waals surface area contributed by atoms with Gasteiger partial charge in [0.05, 0.1) is 4.47 Å². The van der Waals surface area contributed by atoms with E-state index in [1.807, 2.05) is 5.43 Å². The molecule has 0 amide bonds. The zero-order valence-electron chi connectivity index (χ0n) is 9.35. The third kappa shape index (κ3) is 2.96. The Hall–Kier alpha value is -1.80. The van der Waals surface area contributed by atoms with E-state index in [2.05, 4.69) is 26.2 Å². The van der Waals surface area contributed by atoms with Gasteiger partial charge in [-0.05, 0) is 34.1 Å². The monoisotopic (exact) mass is 332 g/mol. The fraction of sp³-hybridized carbons (Fsp3) is 0. The van der Waals surface area contributed by atoms with Crippen LogP contribution in [0, 0.1) is 17.5 Å². The topological polar surface area (TPSA) is 63.0 Å². The summed E-state index contributed by atoms with van der Waals surface area (Å²) in [6.45, 7) is 0. The molecule has 1 heterocycles. The highest BCUT2D eigenvalue weighted by molar-refractivity contribution is 9.10. The van der Waals surface area contributed by atoms with Gasteiger partial charge in [-0.1, -0.05) is 0 Å². The molecule has 0 unspecified atom stereocenters. The van der Waals surface area contributed by atoms with E-state index >= 15 is 0 Å². The Morgan fingerprint density at radius 2 is 1.68 bits per heavy atom. The summed E-state index contributed by atoms with van der Waals surface area (Å²) in [6, 6.07) is 4.72. The molecule has 2 rings (SSSR count). The number of benzene rings is 1. The molecule has 0 bridgehead atoms. The molecule has 0 aliphatic heterocycles. The maximum Gasteiger partial charge on any atom is 0.178 e. The first-order chi connectivity index (χ1) is 9.01. The quantitative estimate of drug-likeness (QED) is 0.596. The largest absolute Gasteiger partial charge is 0.338 e. The third-order valence-electron chi connectivity index (χ3n) is 2.25. The van der Waals surface area contributed by atoms with Gasteiger partial charge in [0, 0.05) is 11.8 Å². The van der Waals surface area contributed by atoms with E-state index in [0.717, 1.165) is 6.07 Å². The molecule has 4 N–H and O–H groups in total. The third-order valence-corrected chi connectivity index (χ3v) is 2.89. The summed E-state index contributed by atoms with van der Waals surface area (Å²) in [5.74, 6) is 2.09. The number of halogens is 4. The highest BCUT2D eigenvalue weighted by Gasteiger charge is 2.12. The van der Waals surface area contributed by atoms with Crippen molar-refractivity contribution < 1.29 is 13.2 Å². The van der Waals surface area contributed by atoms with Crippen molar-refractivity contribution in [1.29, 1.82) is 0 Å². The number of hydrazine groups is 1. The number of nitrogen functional groups attached to an aromatic ring is 1. The SMILES string of the molecule is NNc1nc(Nc2ccc(Br)c(F)c2)c(F)cc1F. The summed E-state index contributed by atoms with van der Waals surface area (Å²) in [5, 5.41) is 2.53. The van der Waals surface area contributed by atoms with Gasteiger partial charge in [0.1, 0.15) is 5.82 Å². The predicted molar refractivity (Wildman–Crippen MR) is 69.3 cm³/mol. The molecule has 0 aliphatic carbocycles. The number of rotatable bonds is 3. The average Bonchev–Trinajstić information content (AvgIpc) is 2.37. The van der Waals surface area contributed by atoms with E-state index in [-0.39, 0.29) is 21.8 Å². The van der Waals surface area contributed by atoms with Crippen molar-refractivity contribution in [2.75, 3.05) is 10.7 Å². The molecule has 0 atom stereocenters. The molecule has 0 aliphatic rings. The number of hydrogen-bond donors (Lipinski definition) is 3. The lowest BCUT2D eigenvalue weighted by molar-refractivity contribution is 0.579. The second kappa shape index (κ2) is 5.45. The lowest BCUT2D eigenvalue weighted by atomic mass is 10.3. The van der Waals surface area contributed by atoms with Crippen molar-refractivity contribution >= 4 is 33.3 Å². The zero-order valence-corrected chi connectivity index (χ0v) is 10.9. The van der Waals surface area contributed by atoms with Crippen molar-refractivity contribution in [3.63, 3.8) is 0 Å². The fourth-order valence-electron chi connectivity index (χ4n) is 1.37. The lowest BCUT2D eigenvalue weighted by Crippen LogP contribution is -2.12. The number of pyridine rings is 1. The Balaban J connectivity index is 2.34. The van der Waals surface area contributed by atoms with Gasteiger partial charge in [-0.25, -0.2) is 24.0 Å². The van der Waals surface area contributed by atoms with Crippen molar-refractivity contribution in [3.05, 3.63) is 46.2 Å². The molecular formula is C11H8BrF3N4. The van der Waals surface area contributed by atoms with Crippen LogP contribution in [0.15, 0.2) is 28.7 Å². The van der Waals surface area contributed by atoms with Crippen LogP contribution in [0.3, 0.4) is 0 Å². The van der Waals surface area contributed by atoms with Gasteiger partial charge < -0.3 is 10.7 Å². The van der Waals surface area contributed by atoms with Crippen LogP contribution in [0.5, 0.6) is 0 Å². The molecule has 0 spiro atoms. The first kappa shape index (κ1) is 13.6. The summed E-state index contributed by atoms with van der Waals surface area (Å²) < 4.78 is 40.2. The Kier molecular flexibility index (Phi) is 3.91. The molecule has 100 valence electrons. The first-order valence-electron chi connectivity index (χ1n) is 5.06. The smallest absolute Gasteiger partial charge is 0.178 e. The summed E-state index contributed by atoms with van der Waals surface area (Å²) in [6.07, 6.45) is 0. The highest BCUT2D eigenvalue weighted by Crippen LogP contribution is 2.24. The molecule has 0 saturated carbocycles. The van der Waals surface area contributed by atoms with E-state index in [9.17, 15) is 13.2 Å². The Morgan fingerprint density at radius 3 is 2.32 bits per heavy atom. The minimum Gasteiger partial charge on any atom is -0.338 e. The summed E-state index contributed by atoms with van der Waals surface area (Å²) in [7, 11) is 0. The molecular weight excluding hydrogens is 325 g/mol. The number of aromatic nitrogens is 1. The van der Waals surface area contributed by atoms with E-state index in [0.29, 0.717) is 6.07 Å².